The molecule has 0 radical (unpaired) electrons. The maximum atomic E-state index is 12.5. The minimum atomic E-state index is -0.895. The summed E-state index contributed by atoms with van der Waals surface area (Å²) in [6.07, 6.45) is 0.434. The van der Waals surface area contributed by atoms with Gasteiger partial charge in [0.25, 0.3) is 0 Å². The second kappa shape index (κ2) is 7.50. The fourth-order valence-electron chi connectivity index (χ4n) is 2.86. The van der Waals surface area contributed by atoms with Gasteiger partial charge in [-0.3, -0.25) is 9.59 Å². The van der Waals surface area contributed by atoms with E-state index in [-0.39, 0.29) is 30.2 Å². The Bertz CT molecular complexity index is 716. The number of nitrogens with zero attached hydrogens (tertiary/aromatic N) is 2. The number of aromatic nitrogens is 1. The standard InChI is InChI=1S/C16H18N2O4S2/c1-22-11-6-10(7-15(20)21)18(8-11)14(19)9-23-16-17-12-4-2-3-5-13(12)24-16/h2-5,10-11H,6-9H2,1H3,(H,20,21). The number of para-hydroxylation sites is 1. The molecule has 2 aromatic rings. The second-order valence-corrected chi connectivity index (χ2v) is 7.88. The minimum absolute atomic E-state index is 0.0442. The smallest absolute Gasteiger partial charge is 0.305 e. The SMILES string of the molecule is COC1CC(CC(=O)O)N(C(=O)CSc2nc3ccccc3s2)C1. The van der Waals surface area contributed by atoms with Crippen molar-refractivity contribution in [3.8, 4) is 0 Å². The number of carbonyl (C=O) groups is 2. The van der Waals surface area contributed by atoms with Crippen LogP contribution in [0.25, 0.3) is 10.2 Å². The van der Waals surface area contributed by atoms with Crippen LogP contribution in [0, 0.1) is 0 Å². The molecule has 0 saturated carbocycles. The minimum Gasteiger partial charge on any atom is -0.481 e. The number of carboxylic acids is 1. The quantitative estimate of drug-likeness (QED) is 0.791. The number of hydrogen-bond donors (Lipinski definition) is 1. The fraction of sp³-hybridized carbons (Fsp3) is 0.438. The molecule has 1 aromatic heterocycles. The van der Waals surface area contributed by atoms with E-state index >= 15 is 0 Å². The Morgan fingerprint density at radius 3 is 2.96 bits per heavy atom. The van der Waals surface area contributed by atoms with Crippen LogP contribution in [0.4, 0.5) is 0 Å². The molecule has 1 amide bonds. The van der Waals surface area contributed by atoms with E-state index in [1.807, 2.05) is 24.3 Å². The first-order valence-corrected chi connectivity index (χ1v) is 9.39. The van der Waals surface area contributed by atoms with Crippen LogP contribution in [0.2, 0.25) is 0 Å². The summed E-state index contributed by atoms with van der Waals surface area (Å²) in [5.74, 6) is -0.703. The highest BCUT2D eigenvalue weighted by atomic mass is 32.2. The summed E-state index contributed by atoms with van der Waals surface area (Å²) in [6.45, 7) is 0.452. The summed E-state index contributed by atoms with van der Waals surface area (Å²) in [7, 11) is 1.59. The zero-order chi connectivity index (χ0) is 17.1. The first-order valence-electron chi connectivity index (χ1n) is 7.59. The Morgan fingerprint density at radius 2 is 2.25 bits per heavy atom. The number of methoxy groups -OCH3 is 1. The van der Waals surface area contributed by atoms with E-state index in [0.717, 1.165) is 14.6 Å². The van der Waals surface area contributed by atoms with Gasteiger partial charge < -0.3 is 14.7 Å². The molecule has 24 heavy (non-hydrogen) atoms. The Labute approximate surface area is 147 Å². The molecule has 1 N–H and O–H groups in total. The lowest BCUT2D eigenvalue weighted by Crippen LogP contribution is -2.38. The average molecular weight is 366 g/mol. The highest BCUT2D eigenvalue weighted by Gasteiger charge is 2.36. The van der Waals surface area contributed by atoms with Crippen molar-refractivity contribution in [1.29, 1.82) is 0 Å². The summed E-state index contributed by atoms with van der Waals surface area (Å²) in [5.41, 5.74) is 0.932. The van der Waals surface area contributed by atoms with Gasteiger partial charge in [-0.2, -0.15) is 0 Å². The van der Waals surface area contributed by atoms with Crippen LogP contribution in [0.15, 0.2) is 28.6 Å². The van der Waals surface area contributed by atoms with Crippen molar-refractivity contribution >= 4 is 45.2 Å². The topological polar surface area (TPSA) is 79.7 Å². The summed E-state index contributed by atoms with van der Waals surface area (Å²) in [6, 6.07) is 7.56. The monoisotopic (exact) mass is 366 g/mol. The lowest BCUT2D eigenvalue weighted by molar-refractivity contribution is -0.139. The van der Waals surface area contributed by atoms with Gasteiger partial charge in [-0.1, -0.05) is 23.9 Å². The molecule has 2 heterocycles. The average Bonchev–Trinajstić information content (AvgIpc) is 3.15. The van der Waals surface area contributed by atoms with Gasteiger partial charge in [0.1, 0.15) is 0 Å². The fourth-order valence-corrected chi connectivity index (χ4v) is 4.82. The number of amides is 1. The number of thioether (sulfide) groups is 1. The molecule has 2 atom stereocenters. The van der Waals surface area contributed by atoms with E-state index in [9.17, 15) is 9.59 Å². The predicted molar refractivity (Wildman–Crippen MR) is 93.5 cm³/mol. The van der Waals surface area contributed by atoms with Crippen molar-refractivity contribution in [2.45, 2.75) is 29.3 Å². The Kier molecular flexibility index (Phi) is 5.37. The highest BCUT2D eigenvalue weighted by molar-refractivity contribution is 8.01. The van der Waals surface area contributed by atoms with Crippen molar-refractivity contribution in [1.82, 2.24) is 9.88 Å². The molecule has 0 spiro atoms. The molecule has 1 fully saturated rings. The van der Waals surface area contributed by atoms with Crippen LogP contribution in [-0.2, 0) is 14.3 Å². The van der Waals surface area contributed by atoms with Gasteiger partial charge in [-0.15, -0.1) is 11.3 Å². The number of fused-ring (bicyclic) bond motifs is 1. The molecule has 6 nitrogen and oxygen atoms in total. The first-order chi connectivity index (χ1) is 11.6. The molecule has 1 aromatic carbocycles. The molecular weight excluding hydrogens is 348 g/mol. The van der Waals surface area contributed by atoms with Gasteiger partial charge in [0, 0.05) is 19.7 Å². The van der Waals surface area contributed by atoms with Crippen LogP contribution in [-0.4, -0.2) is 58.4 Å². The lowest BCUT2D eigenvalue weighted by Gasteiger charge is -2.22. The van der Waals surface area contributed by atoms with Crippen LogP contribution in [0.5, 0.6) is 0 Å². The van der Waals surface area contributed by atoms with Gasteiger partial charge in [-0.05, 0) is 18.6 Å². The third kappa shape index (κ3) is 3.88. The predicted octanol–water partition coefficient (Wildman–Crippen LogP) is 2.48. The van der Waals surface area contributed by atoms with E-state index in [2.05, 4.69) is 4.98 Å². The van der Waals surface area contributed by atoms with E-state index in [0.29, 0.717) is 13.0 Å². The molecule has 0 bridgehead atoms. The van der Waals surface area contributed by atoms with Gasteiger partial charge in [-0.25, -0.2) is 4.98 Å². The Balaban J connectivity index is 1.63. The number of rotatable bonds is 6. The Hall–Kier alpha value is -1.64. The van der Waals surface area contributed by atoms with E-state index in [4.69, 9.17) is 9.84 Å². The first kappa shape index (κ1) is 17.2. The maximum absolute atomic E-state index is 12.5. The molecule has 128 valence electrons. The number of aliphatic carboxylic acids is 1. The largest absolute Gasteiger partial charge is 0.481 e. The zero-order valence-corrected chi connectivity index (χ0v) is 14.8. The number of benzene rings is 1. The second-order valence-electron chi connectivity index (χ2n) is 5.63. The number of carboxylic acid groups (broad SMARTS) is 1. The molecule has 3 rings (SSSR count). The molecule has 1 saturated heterocycles. The molecular formula is C16H18N2O4S2. The summed E-state index contributed by atoms with van der Waals surface area (Å²) < 4.78 is 7.25. The van der Waals surface area contributed by atoms with Gasteiger partial charge in [0.15, 0.2) is 4.34 Å². The molecule has 2 unspecified atom stereocenters. The van der Waals surface area contributed by atoms with Gasteiger partial charge in [0.2, 0.25) is 5.91 Å². The van der Waals surface area contributed by atoms with Crippen molar-refractivity contribution in [2.75, 3.05) is 19.4 Å². The Morgan fingerprint density at radius 1 is 1.46 bits per heavy atom. The van der Waals surface area contributed by atoms with Gasteiger partial charge in [0.05, 0.1) is 28.5 Å². The van der Waals surface area contributed by atoms with Crippen molar-refractivity contribution in [3.05, 3.63) is 24.3 Å². The summed E-state index contributed by atoms with van der Waals surface area (Å²) in [5, 5.41) is 9.03. The highest BCUT2D eigenvalue weighted by Crippen LogP contribution is 2.30. The normalized spacial score (nSPS) is 20.6. The summed E-state index contributed by atoms with van der Waals surface area (Å²) >= 11 is 2.96. The van der Waals surface area contributed by atoms with E-state index < -0.39 is 5.97 Å². The van der Waals surface area contributed by atoms with Crippen LogP contribution in [0.3, 0.4) is 0 Å². The number of thiazole rings is 1. The van der Waals surface area contributed by atoms with Crippen molar-refractivity contribution < 1.29 is 19.4 Å². The van der Waals surface area contributed by atoms with Crippen molar-refractivity contribution in [3.63, 3.8) is 0 Å². The number of hydrogen-bond acceptors (Lipinski definition) is 6. The van der Waals surface area contributed by atoms with Gasteiger partial charge >= 0.3 is 5.97 Å². The number of carbonyl (C=O) groups excluding carboxylic acids is 1. The van der Waals surface area contributed by atoms with E-state index in [1.54, 1.807) is 23.3 Å². The molecule has 1 aliphatic rings. The third-order valence-corrected chi connectivity index (χ3v) is 6.20. The third-order valence-electron chi connectivity index (χ3n) is 4.03. The molecule has 0 aliphatic carbocycles. The molecule has 8 heteroatoms. The van der Waals surface area contributed by atoms with Crippen molar-refractivity contribution in [2.24, 2.45) is 0 Å². The summed E-state index contributed by atoms with van der Waals surface area (Å²) in [4.78, 5) is 29.7. The molecule has 1 aliphatic heterocycles. The van der Waals surface area contributed by atoms with Crippen LogP contribution >= 0.6 is 23.1 Å². The van der Waals surface area contributed by atoms with Crippen LogP contribution < -0.4 is 0 Å². The maximum Gasteiger partial charge on any atom is 0.305 e. The lowest BCUT2D eigenvalue weighted by atomic mass is 10.1. The number of likely N-dealkylation sites (tertiary alicyclic amines) is 1. The van der Waals surface area contributed by atoms with Crippen LogP contribution in [0.1, 0.15) is 12.8 Å². The zero-order valence-electron chi connectivity index (χ0n) is 13.2. The number of ether oxygens (including phenoxy) is 1. The van der Waals surface area contributed by atoms with E-state index in [1.165, 1.54) is 11.8 Å².